The molecule has 286 valence electrons. The fraction of sp³-hybridized carbons (Fsp3) is 0. The van der Waals surface area contributed by atoms with Gasteiger partial charge < -0.3 is 13.9 Å². The molecule has 0 fully saturated rings. The lowest BCUT2D eigenvalue weighted by Gasteiger charge is -2.28. The summed E-state index contributed by atoms with van der Waals surface area (Å²) < 4.78 is 8.71. The Balaban J connectivity index is 0.979. The van der Waals surface area contributed by atoms with Gasteiger partial charge in [-0.15, -0.1) is 0 Å². The van der Waals surface area contributed by atoms with E-state index in [0.29, 0.717) is 0 Å². The third-order valence-corrected chi connectivity index (χ3v) is 12.2. The first-order chi connectivity index (χ1) is 30.2. The van der Waals surface area contributed by atoms with Crippen LogP contribution in [0.3, 0.4) is 0 Å². The fourth-order valence-electron chi connectivity index (χ4n) is 9.26. The lowest BCUT2D eigenvalue weighted by atomic mass is 9.98. The number of hydrogen-bond acceptors (Lipinski definition) is 2. The lowest BCUT2D eigenvalue weighted by Crippen LogP contribution is -2.11. The van der Waals surface area contributed by atoms with E-state index in [9.17, 15) is 0 Å². The third-order valence-electron chi connectivity index (χ3n) is 12.2. The van der Waals surface area contributed by atoms with Crippen LogP contribution in [-0.4, -0.2) is 4.57 Å². The van der Waals surface area contributed by atoms with Gasteiger partial charge in [-0.2, -0.15) is 0 Å². The van der Waals surface area contributed by atoms with Crippen molar-refractivity contribution in [1.29, 1.82) is 0 Å². The van der Waals surface area contributed by atoms with Crippen LogP contribution in [0.15, 0.2) is 235 Å². The van der Waals surface area contributed by atoms with Crippen LogP contribution in [0, 0.1) is 0 Å². The molecular weight excluding hydrogens is 741 g/mol. The summed E-state index contributed by atoms with van der Waals surface area (Å²) in [5.41, 5.74) is 15.5. The lowest BCUT2D eigenvalue weighted by molar-refractivity contribution is 0.669. The van der Waals surface area contributed by atoms with Crippen LogP contribution in [0.1, 0.15) is 0 Å². The SMILES string of the molecule is c1cc(-c2ccc3c(c2)oc2ccccc23)cc(N(c2ccc(-c3cccc(-n4c5ccccc5c5ccccc54)c3)cc2)c2ccccc2-c2ccc3ccccc3c2)c1. The quantitative estimate of drug-likeness (QED) is 0.161. The van der Waals surface area contributed by atoms with E-state index in [1.165, 1.54) is 38.1 Å². The van der Waals surface area contributed by atoms with Crippen molar-refractivity contribution in [3.8, 4) is 39.1 Å². The van der Waals surface area contributed by atoms with E-state index < -0.39 is 0 Å². The van der Waals surface area contributed by atoms with Gasteiger partial charge in [-0.3, -0.25) is 0 Å². The maximum Gasteiger partial charge on any atom is 0.136 e. The number of anilines is 3. The minimum absolute atomic E-state index is 0.889. The van der Waals surface area contributed by atoms with E-state index in [2.05, 4.69) is 228 Å². The number of fused-ring (bicyclic) bond motifs is 7. The average Bonchev–Trinajstić information content (AvgIpc) is 3.88. The highest BCUT2D eigenvalue weighted by Crippen LogP contribution is 2.43. The van der Waals surface area contributed by atoms with Crippen molar-refractivity contribution in [2.75, 3.05) is 4.90 Å². The minimum Gasteiger partial charge on any atom is -0.456 e. The second-order valence-electron chi connectivity index (χ2n) is 15.7. The van der Waals surface area contributed by atoms with Gasteiger partial charge in [0.2, 0.25) is 0 Å². The van der Waals surface area contributed by atoms with E-state index in [1.54, 1.807) is 0 Å². The second kappa shape index (κ2) is 14.3. The van der Waals surface area contributed by atoms with Gasteiger partial charge >= 0.3 is 0 Å². The summed E-state index contributed by atoms with van der Waals surface area (Å²) in [6.45, 7) is 0. The van der Waals surface area contributed by atoms with Crippen molar-refractivity contribution >= 4 is 71.6 Å². The van der Waals surface area contributed by atoms with Crippen molar-refractivity contribution in [3.05, 3.63) is 231 Å². The van der Waals surface area contributed by atoms with Crippen molar-refractivity contribution < 1.29 is 4.42 Å². The summed E-state index contributed by atoms with van der Waals surface area (Å²) in [5, 5.41) is 7.23. The van der Waals surface area contributed by atoms with Gasteiger partial charge in [0.15, 0.2) is 0 Å². The van der Waals surface area contributed by atoms with Crippen LogP contribution in [0.5, 0.6) is 0 Å². The van der Waals surface area contributed by atoms with Gasteiger partial charge in [0.05, 0.1) is 16.7 Å². The molecule has 2 heterocycles. The number of rotatable bonds is 7. The molecule has 0 aliphatic heterocycles. The van der Waals surface area contributed by atoms with E-state index in [-0.39, 0.29) is 0 Å². The maximum absolute atomic E-state index is 6.33. The zero-order valence-electron chi connectivity index (χ0n) is 33.2. The Morgan fingerprint density at radius 2 is 0.934 bits per heavy atom. The van der Waals surface area contributed by atoms with E-state index in [0.717, 1.165) is 72.5 Å². The largest absolute Gasteiger partial charge is 0.456 e. The molecule has 0 atom stereocenters. The molecule has 0 aliphatic carbocycles. The van der Waals surface area contributed by atoms with Crippen molar-refractivity contribution in [2.45, 2.75) is 0 Å². The number of aromatic nitrogens is 1. The Labute approximate surface area is 353 Å². The molecule has 61 heavy (non-hydrogen) atoms. The normalized spacial score (nSPS) is 11.6. The average molecular weight is 779 g/mol. The van der Waals surface area contributed by atoms with Gasteiger partial charge in [-0.25, -0.2) is 0 Å². The predicted octanol–water partition coefficient (Wildman–Crippen LogP) is 16.3. The number of benzene rings is 10. The molecular formula is C58H38N2O. The number of furan rings is 1. The number of hydrogen-bond donors (Lipinski definition) is 0. The molecule has 2 aromatic heterocycles. The highest BCUT2D eigenvalue weighted by atomic mass is 16.3. The maximum atomic E-state index is 6.33. The molecule has 12 rings (SSSR count). The molecule has 0 bridgehead atoms. The van der Waals surface area contributed by atoms with Crippen molar-refractivity contribution in [2.24, 2.45) is 0 Å². The molecule has 0 aliphatic rings. The Hall–Kier alpha value is -8.14. The summed E-state index contributed by atoms with van der Waals surface area (Å²) >= 11 is 0. The minimum atomic E-state index is 0.889. The van der Waals surface area contributed by atoms with Crippen LogP contribution >= 0.6 is 0 Å². The van der Waals surface area contributed by atoms with Gasteiger partial charge in [-0.05, 0) is 117 Å². The molecule has 0 radical (unpaired) electrons. The molecule has 3 nitrogen and oxygen atoms in total. The monoisotopic (exact) mass is 778 g/mol. The van der Waals surface area contributed by atoms with Gasteiger partial charge in [0, 0.05) is 44.2 Å². The topological polar surface area (TPSA) is 21.3 Å². The van der Waals surface area contributed by atoms with Gasteiger partial charge in [0.25, 0.3) is 0 Å². The van der Waals surface area contributed by atoms with Crippen LogP contribution < -0.4 is 4.90 Å². The molecule has 0 unspecified atom stereocenters. The summed E-state index contributed by atoms with van der Waals surface area (Å²) in [5.74, 6) is 0. The third kappa shape index (κ3) is 5.98. The summed E-state index contributed by atoms with van der Waals surface area (Å²) in [6.07, 6.45) is 0. The van der Waals surface area contributed by atoms with E-state index >= 15 is 0 Å². The highest BCUT2D eigenvalue weighted by molar-refractivity contribution is 6.09. The fourth-order valence-corrected chi connectivity index (χ4v) is 9.26. The number of nitrogens with zero attached hydrogens (tertiary/aromatic N) is 2. The summed E-state index contributed by atoms with van der Waals surface area (Å²) in [6, 6.07) is 83.0. The van der Waals surface area contributed by atoms with E-state index in [4.69, 9.17) is 4.42 Å². The van der Waals surface area contributed by atoms with Gasteiger partial charge in [-0.1, -0.05) is 152 Å². The molecule has 0 saturated carbocycles. The first-order valence-corrected chi connectivity index (χ1v) is 20.8. The highest BCUT2D eigenvalue weighted by Gasteiger charge is 2.19. The van der Waals surface area contributed by atoms with Crippen LogP contribution in [0.25, 0.3) is 93.6 Å². The van der Waals surface area contributed by atoms with Crippen molar-refractivity contribution in [1.82, 2.24) is 4.57 Å². The first kappa shape index (κ1) is 34.9. The predicted molar refractivity (Wildman–Crippen MR) is 257 cm³/mol. The molecule has 0 amide bonds. The Morgan fingerprint density at radius 3 is 1.75 bits per heavy atom. The molecule has 12 aromatic rings. The van der Waals surface area contributed by atoms with Crippen LogP contribution in [-0.2, 0) is 0 Å². The molecule has 3 heteroatoms. The van der Waals surface area contributed by atoms with Crippen LogP contribution in [0.4, 0.5) is 17.1 Å². The molecule has 0 spiro atoms. The number of para-hydroxylation sites is 4. The summed E-state index contributed by atoms with van der Waals surface area (Å²) in [4.78, 5) is 2.39. The van der Waals surface area contributed by atoms with Crippen LogP contribution in [0.2, 0.25) is 0 Å². The van der Waals surface area contributed by atoms with Gasteiger partial charge in [0.1, 0.15) is 11.2 Å². The smallest absolute Gasteiger partial charge is 0.136 e. The summed E-state index contributed by atoms with van der Waals surface area (Å²) in [7, 11) is 0. The molecule has 10 aromatic carbocycles. The zero-order chi connectivity index (χ0) is 40.3. The Bertz CT molecular complexity index is 3560. The second-order valence-corrected chi connectivity index (χ2v) is 15.7. The first-order valence-electron chi connectivity index (χ1n) is 20.8. The van der Waals surface area contributed by atoms with E-state index in [1.807, 2.05) is 12.1 Å². The standard InChI is InChI=1S/C58H38N2O/c1-2-14-41-35-45(28-27-39(41)13-1)49-19-3-7-23-54(49)59(47-17-12-16-43(37-47)44-31-34-53-52-22-6-10-26-57(52)61-58(53)38-44)46-32-29-40(30-33-46)42-15-11-18-48(36-42)60-55-24-8-4-20-50(55)51-21-5-9-25-56(51)60/h1-38H. The molecule has 0 N–H and O–H groups in total. The zero-order valence-corrected chi connectivity index (χ0v) is 33.2. The van der Waals surface area contributed by atoms with Crippen molar-refractivity contribution in [3.63, 3.8) is 0 Å². The molecule has 0 saturated heterocycles. The Kier molecular flexibility index (Phi) is 8.17. The Morgan fingerprint density at radius 1 is 0.328 bits per heavy atom.